The number of hydrogen-bond acceptors (Lipinski definition) is 1. The molecule has 0 spiro atoms. The van der Waals surface area contributed by atoms with Gasteiger partial charge in [0.05, 0.1) is 5.60 Å². The Morgan fingerprint density at radius 3 is 2.11 bits per heavy atom. The van der Waals surface area contributed by atoms with Gasteiger partial charge in [-0.25, -0.2) is 0 Å². The Morgan fingerprint density at radius 1 is 0.842 bits per heavy atom. The molecular formula is C18H22O. The molecule has 100 valence electrons. The van der Waals surface area contributed by atoms with Gasteiger partial charge in [0.15, 0.2) is 0 Å². The average molecular weight is 254 g/mol. The lowest BCUT2D eigenvalue weighted by Gasteiger charge is -2.24. The molecule has 0 aliphatic rings. The first-order valence-corrected chi connectivity index (χ1v) is 6.79. The normalized spacial score (nSPS) is 14.1. The van der Waals surface area contributed by atoms with E-state index in [0.29, 0.717) is 12.8 Å². The van der Waals surface area contributed by atoms with Crippen LogP contribution in [0.2, 0.25) is 0 Å². The third kappa shape index (κ3) is 3.93. The fraction of sp³-hybridized carbons (Fsp3) is 0.333. The molecule has 1 heteroatoms. The Labute approximate surface area is 115 Å². The highest BCUT2D eigenvalue weighted by atomic mass is 16.3. The summed E-state index contributed by atoms with van der Waals surface area (Å²) in [6, 6.07) is 16.6. The fourth-order valence-corrected chi connectivity index (χ4v) is 2.45. The summed E-state index contributed by atoms with van der Waals surface area (Å²) in [7, 11) is 0. The van der Waals surface area contributed by atoms with Gasteiger partial charge in [-0.3, -0.25) is 0 Å². The SMILES string of the molecule is Cc1ccc(CC(C)(O)Cc2ccccc2)cc1C. The van der Waals surface area contributed by atoms with Crippen LogP contribution < -0.4 is 0 Å². The van der Waals surface area contributed by atoms with Crippen LogP contribution in [0.5, 0.6) is 0 Å². The van der Waals surface area contributed by atoms with E-state index in [0.717, 1.165) is 0 Å². The van der Waals surface area contributed by atoms with Gasteiger partial charge in [0.1, 0.15) is 0 Å². The van der Waals surface area contributed by atoms with E-state index < -0.39 is 5.60 Å². The van der Waals surface area contributed by atoms with Crippen molar-refractivity contribution in [2.24, 2.45) is 0 Å². The molecule has 0 fully saturated rings. The Hall–Kier alpha value is -1.60. The number of hydrogen-bond donors (Lipinski definition) is 1. The standard InChI is InChI=1S/C18H22O/c1-14-9-10-17(11-15(14)2)13-18(3,19)12-16-7-5-4-6-8-16/h4-11,19H,12-13H2,1-3H3. The van der Waals surface area contributed by atoms with Gasteiger partial charge in [-0.05, 0) is 43.0 Å². The summed E-state index contributed by atoms with van der Waals surface area (Å²) in [5, 5.41) is 10.6. The monoisotopic (exact) mass is 254 g/mol. The van der Waals surface area contributed by atoms with Crippen LogP contribution in [0.3, 0.4) is 0 Å². The zero-order chi connectivity index (χ0) is 13.9. The summed E-state index contributed by atoms with van der Waals surface area (Å²) in [6.07, 6.45) is 1.36. The van der Waals surface area contributed by atoms with Crippen LogP contribution in [0, 0.1) is 13.8 Å². The van der Waals surface area contributed by atoms with Crippen molar-refractivity contribution in [1.29, 1.82) is 0 Å². The fourth-order valence-electron chi connectivity index (χ4n) is 2.45. The van der Waals surface area contributed by atoms with Crippen LogP contribution in [-0.2, 0) is 12.8 Å². The minimum absolute atomic E-state index is 0.681. The molecular weight excluding hydrogens is 232 g/mol. The molecule has 1 unspecified atom stereocenters. The van der Waals surface area contributed by atoms with Gasteiger partial charge in [0, 0.05) is 12.8 Å². The first kappa shape index (κ1) is 13.8. The zero-order valence-corrected chi connectivity index (χ0v) is 12.0. The van der Waals surface area contributed by atoms with E-state index >= 15 is 0 Å². The van der Waals surface area contributed by atoms with Crippen molar-refractivity contribution in [3.63, 3.8) is 0 Å². The predicted molar refractivity (Wildman–Crippen MR) is 80.4 cm³/mol. The van der Waals surface area contributed by atoms with Crippen LogP contribution in [0.1, 0.15) is 29.2 Å². The largest absolute Gasteiger partial charge is 0.389 e. The van der Waals surface area contributed by atoms with Gasteiger partial charge >= 0.3 is 0 Å². The van der Waals surface area contributed by atoms with Crippen molar-refractivity contribution < 1.29 is 5.11 Å². The van der Waals surface area contributed by atoms with E-state index in [1.54, 1.807) is 0 Å². The third-order valence-corrected chi connectivity index (χ3v) is 3.58. The topological polar surface area (TPSA) is 20.2 Å². The first-order chi connectivity index (χ1) is 8.96. The van der Waals surface area contributed by atoms with Gasteiger partial charge in [0.2, 0.25) is 0 Å². The molecule has 0 aromatic heterocycles. The number of rotatable bonds is 4. The molecule has 0 radical (unpaired) electrons. The molecule has 0 aliphatic heterocycles. The molecule has 2 aromatic rings. The van der Waals surface area contributed by atoms with E-state index in [1.807, 2.05) is 25.1 Å². The molecule has 0 heterocycles. The maximum atomic E-state index is 10.6. The Kier molecular flexibility index (Phi) is 4.06. The predicted octanol–water partition coefficient (Wildman–Crippen LogP) is 3.84. The second kappa shape index (κ2) is 5.58. The summed E-state index contributed by atoms with van der Waals surface area (Å²) >= 11 is 0. The second-order valence-electron chi connectivity index (χ2n) is 5.75. The van der Waals surface area contributed by atoms with Crippen molar-refractivity contribution in [2.75, 3.05) is 0 Å². The van der Waals surface area contributed by atoms with Crippen molar-refractivity contribution in [3.05, 3.63) is 70.8 Å². The highest BCUT2D eigenvalue weighted by Gasteiger charge is 2.21. The number of benzene rings is 2. The number of aryl methyl sites for hydroxylation is 2. The van der Waals surface area contributed by atoms with E-state index in [-0.39, 0.29) is 0 Å². The van der Waals surface area contributed by atoms with Crippen LogP contribution in [-0.4, -0.2) is 10.7 Å². The third-order valence-electron chi connectivity index (χ3n) is 3.58. The van der Waals surface area contributed by atoms with Gasteiger partial charge < -0.3 is 5.11 Å². The van der Waals surface area contributed by atoms with Gasteiger partial charge in [-0.1, -0.05) is 48.5 Å². The van der Waals surface area contributed by atoms with Crippen molar-refractivity contribution >= 4 is 0 Å². The van der Waals surface area contributed by atoms with Crippen LogP contribution >= 0.6 is 0 Å². The molecule has 0 saturated carbocycles. The lowest BCUT2D eigenvalue weighted by Crippen LogP contribution is -2.30. The van der Waals surface area contributed by atoms with Crippen molar-refractivity contribution in [1.82, 2.24) is 0 Å². The van der Waals surface area contributed by atoms with Crippen molar-refractivity contribution in [3.8, 4) is 0 Å². The molecule has 2 rings (SSSR count). The van der Waals surface area contributed by atoms with Gasteiger partial charge in [0.25, 0.3) is 0 Å². The first-order valence-electron chi connectivity index (χ1n) is 6.79. The Balaban J connectivity index is 2.10. The molecule has 1 atom stereocenters. The Bertz CT molecular complexity index is 541. The van der Waals surface area contributed by atoms with E-state index in [1.165, 1.54) is 22.3 Å². The maximum Gasteiger partial charge on any atom is 0.0700 e. The van der Waals surface area contributed by atoms with Gasteiger partial charge in [-0.2, -0.15) is 0 Å². The molecule has 0 amide bonds. The van der Waals surface area contributed by atoms with Crippen molar-refractivity contribution in [2.45, 2.75) is 39.2 Å². The molecule has 1 N–H and O–H groups in total. The highest BCUT2D eigenvalue weighted by molar-refractivity contribution is 5.31. The van der Waals surface area contributed by atoms with E-state index in [9.17, 15) is 5.11 Å². The highest BCUT2D eigenvalue weighted by Crippen LogP contribution is 2.20. The zero-order valence-electron chi connectivity index (χ0n) is 12.0. The molecule has 0 saturated heterocycles. The number of aliphatic hydroxyl groups is 1. The molecule has 1 nitrogen and oxygen atoms in total. The van der Waals surface area contributed by atoms with Crippen LogP contribution in [0.15, 0.2) is 48.5 Å². The van der Waals surface area contributed by atoms with Crippen LogP contribution in [0.4, 0.5) is 0 Å². The summed E-state index contributed by atoms with van der Waals surface area (Å²) in [5.74, 6) is 0. The van der Waals surface area contributed by atoms with Crippen LogP contribution in [0.25, 0.3) is 0 Å². The molecule has 0 aliphatic carbocycles. The molecule has 0 bridgehead atoms. The summed E-state index contributed by atoms with van der Waals surface area (Å²) in [4.78, 5) is 0. The molecule has 19 heavy (non-hydrogen) atoms. The summed E-state index contributed by atoms with van der Waals surface area (Å²) < 4.78 is 0. The minimum atomic E-state index is -0.705. The summed E-state index contributed by atoms with van der Waals surface area (Å²) in [5.41, 5.74) is 4.25. The second-order valence-corrected chi connectivity index (χ2v) is 5.75. The van der Waals surface area contributed by atoms with E-state index in [2.05, 4.69) is 44.2 Å². The average Bonchev–Trinajstić information content (AvgIpc) is 2.34. The lowest BCUT2D eigenvalue weighted by molar-refractivity contribution is 0.0608. The summed E-state index contributed by atoms with van der Waals surface area (Å²) in [6.45, 7) is 6.14. The lowest BCUT2D eigenvalue weighted by atomic mass is 9.89. The van der Waals surface area contributed by atoms with E-state index in [4.69, 9.17) is 0 Å². The van der Waals surface area contributed by atoms with Gasteiger partial charge in [-0.15, -0.1) is 0 Å². The Morgan fingerprint density at radius 2 is 1.47 bits per heavy atom. The smallest absolute Gasteiger partial charge is 0.0700 e. The molecule has 2 aromatic carbocycles. The maximum absolute atomic E-state index is 10.6. The minimum Gasteiger partial charge on any atom is -0.389 e. The quantitative estimate of drug-likeness (QED) is 0.879.